The highest BCUT2D eigenvalue weighted by molar-refractivity contribution is 14.1. The Morgan fingerprint density at radius 3 is 2.31 bits per heavy atom. The predicted octanol–water partition coefficient (Wildman–Crippen LogP) is 4.38. The molecule has 0 atom stereocenters. The molecule has 5 heteroatoms. The van der Waals surface area contributed by atoms with Gasteiger partial charge in [0.15, 0.2) is 0 Å². The topological polar surface area (TPSA) is 37.3 Å². The fourth-order valence-corrected chi connectivity index (χ4v) is 5.06. The number of hydrogen-bond acceptors (Lipinski definition) is 1. The molecule has 0 aliphatic rings. The van der Waals surface area contributed by atoms with Crippen LogP contribution in [0.2, 0.25) is 0 Å². The summed E-state index contributed by atoms with van der Waals surface area (Å²) in [5.41, 5.74) is 1.17. The summed E-state index contributed by atoms with van der Waals surface area (Å²) in [6.45, 7) is 0. The minimum absolute atomic E-state index is 0.189. The standard InChI is InChI=1S/C11H9I3O2/c12-7-5-9(13)8(10(14)6-7)3-1-2-4-11(15)16/h1,3,5-6H,2,4H2,(H,15,16). The fourth-order valence-electron chi connectivity index (χ4n) is 1.12. The molecule has 1 aromatic carbocycles. The molecule has 0 heterocycles. The molecule has 1 rings (SSSR count). The van der Waals surface area contributed by atoms with E-state index in [0.717, 1.165) is 0 Å². The average molecular weight is 554 g/mol. The van der Waals surface area contributed by atoms with Crippen LogP contribution >= 0.6 is 67.8 Å². The monoisotopic (exact) mass is 554 g/mol. The number of hydrogen-bond donors (Lipinski definition) is 1. The zero-order chi connectivity index (χ0) is 12.1. The van der Waals surface area contributed by atoms with Crippen LogP contribution in [0.1, 0.15) is 18.4 Å². The van der Waals surface area contributed by atoms with E-state index in [1.807, 2.05) is 12.2 Å². The van der Waals surface area contributed by atoms with Gasteiger partial charge >= 0.3 is 5.97 Å². The Kier molecular flexibility index (Phi) is 6.55. The van der Waals surface area contributed by atoms with Gasteiger partial charge in [0.25, 0.3) is 0 Å². The van der Waals surface area contributed by atoms with Crippen LogP contribution in [0, 0.1) is 10.7 Å². The van der Waals surface area contributed by atoms with E-state index in [4.69, 9.17) is 5.11 Å². The first-order chi connectivity index (χ1) is 7.50. The fraction of sp³-hybridized carbons (Fsp3) is 0.182. The summed E-state index contributed by atoms with van der Waals surface area (Å²) in [4.78, 5) is 10.4. The number of carboxylic acids is 1. The van der Waals surface area contributed by atoms with Gasteiger partial charge in [0.2, 0.25) is 0 Å². The van der Waals surface area contributed by atoms with Gasteiger partial charge in [0.05, 0.1) is 0 Å². The van der Waals surface area contributed by atoms with Crippen LogP contribution in [0.25, 0.3) is 6.08 Å². The van der Waals surface area contributed by atoms with Crippen LogP contribution in [0.4, 0.5) is 0 Å². The van der Waals surface area contributed by atoms with Crippen LogP contribution in [0.5, 0.6) is 0 Å². The summed E-state index contributed by atoms with van der Waals surface area (Å²) in [5, 5.41) is 8.52. The lowest BCUT2D eigenvalue weighted by atomic mass is 10.2. The molecular formula is C11H9I3O2. The number of halogens is 3. The van der Waals surface area contributed by atoms with E-state index in [0.29, 0.717) is 6.42 Å². The van der Waals surface area contributed by atoms with Crippen molar-refractivity contribution < 1.29 is 9.90 Å². The Labute approximate surface area is 135 Å². The van der Waals surface area contributed by atoms with E-state index in [9.17, 15) is 4.79 Å². The molecule has 1 N–H and O–H groups in total. The summed E-state index contributed by atoms with van der Waals surface area (Å²) in [7, 11) is 0. The molecule has 0 bridgehead atoms. The van der Waals surface area contributed by atoms with Crippen molar-refractivity contribution in [2.75, 3.05) is 0 Å². The third kappa shape index (κ3) is 4.86. The van der Waals surface area contributed by atoms with Gasteiger partial charge in [-0.05, 0) is 86.3 Å². The maximum absolute atomic E-state index is 10.4. The second kappa shape index (κ2) is 7.14. The highest BCUT2D eigenvalue weighted by Gasteiger charge is 2.03. The van der Waals surface area contributed by atoms with Gasteiger partial charge in [0.1, 0.15) is 0 Å². The van der Waals surface area contributed by atoms with Gasteiger partial charge in [-0.2, -0.15) is 0 Å². The van der Waals surface area contributed by atoms with Crippen molar-refractivity contribution in [3.63, 3.8) is 0 Å². The van der Waals surface area contributed by atoms with Gasteiger partial charge in [-0.15, -0.1) is 0 Å². The molecule has 0 spiro atoms. The SMILES string of the molecule is O=C(O)CCC=Cc1c(I)cc(I)cc1I. The maximum Gasteiger partial charge on any atom is 0.303 e. The third-order valence-corrected chi connectivity index (χ3v) is 4.26. The van der Waals surface area contributed by atoms with Gasteiger partial charge in [-0.25, -0.2) is 0 Å². The molecule has 86 valence electrons. The molecule has 0 amide bonds. The van der Waals surface area contributed by atoms with Crippen LogP contribution in [0.3, 0.4) is 0 Å². The molecule has 0 aliphatic heterocycles. The normalized spacial score (nSPS) is 10.9. The highest BCUT2D eigenvalue weighted by Crippen LogP contribution is 2.23. The Hall–Kier alpha value is 0.620. The first-order valence-corrected chi connectivity index (χ1v) is 7.77. The van der Waals surface area contributed by atoms with Crippen LogP contribution in [-0.4, -0.2) is 11.1 Å². The van der Waals surface area contributed by atoms with Crippen LogP contribution in [-0.2, 0) is 4.79 Å². The minimum atomic E-state index is -0.753. The lowest BCUT2D eigenvalue weighted by molar-refractivity contribution is -0.136. The first-order valence-electron chi connectivity index (χ1n) is 4.53. The molecule has 0 saturated carbocycles. The average Bonchev–Trinajstić information content (AvgIpc) is 2.14. The third-order valence-electron chi connectivity index (χ3n) is 1.85. The van der Waals surface area contributed by atoms with E-state index in [1.54, 1.807) is 0 Å². The van der Waals surface area contributed by atoms with E-state index < -0.39 is 5.97 Å². The summed E-state index contributed by atoms with van der Waals surface area (Å²) in [6.07, 6.45) is 4.69. The smallest absolute Gasteiger partial charge is 0.303 e. The molecule has 0 saturated heterocycles. The lowest BCUT2D eigenvalue weighted by Crippen LogP contribution is -1.92. The highest BCUT2D eigenvalue weighted by atomic mass is 127. The maximum atomic E-state index is 10.4. The second-order valence-corrected chi connectivity index (χ2v) is 6.69. The van der Waals surface area contributed by atoms with E-state index in [1.165, 1.54) is 16.3 Å². The van der Waals surface area contributed by atoms with Crippen molar-refractivity contribution in [1.29, 1.82) is 0 Å². The molecule has 16 heavy (non-hydrogen) atoms. The van der Waals surface area contributed by atoms with Crippen molar-refractivity contribution in [1.82, 2.24) is 0 Å². The number of rotatable bonds is 4. The molecule has 0 aromatic heterocycles. The van der Waals surface area contributed by atoms with E-state index >= 15 is 0 Å². The molecule has 1 aromatic rings. The quantitative estimate of drug-likeness (QED) is 0.562. The number of benzene rings is 1. The largest absolute Gasteiger partial charge is 0.481 e. The van der Waals surface area contributed by atoms with E-state index in [-0.39, 0.29) is 6.42 Å². The molecule has 0 radical (unpaired) electrons. The molecule has 0 fully saturated rings. The number of carboxylic acid groups (broad SMARTS) is 1. The van der Waals surface area contributed by atoms with Crippen molar-refractivity contribution >= 4 is 79.8 Å². The van der Waals surface area contributed by atoms with Crippen molar-refractivity contribution in [3.8, 4) is 0 Å². The Balaban J connectivity index is 2.77. The molecule has 2 nitrogen and oxygen atoms in total. The Morgan fingerprint density at radius 2 is 1.81 bits per heavy atom. The molecule has 0 aliphatic carbocycles. The summed E-state index contributed by atoms with van der Waals surface area (Å²) in [5.74, 6) is -0.753. The predicted molar refractivity (Wildman–Crippen MR) is 90.5 cm³/mol. The molecule has 0 unspecified atom stereocenters. The summed E-state index contributed by atoms with van der Waals surface area (Å²) < 4.78 is 3.61. The Morgan fingerprint density at radius 1 is 1.25 bits per heavy atom. The summed E-state index contributed by atoms with van der Waals surface area (Å²) >= 11 is 6.89. The van der Waals surface area contributed by atoms with Crippen molar-refractivity contribution in [3.05, 3.63) is 34.5 Å². The zero-order valence-corrected chi connectivity index (χ0v) is 14.7. The number of carbonyl (C=O) groups is 1. The second-order valence-electron chi connectivity index (χ2n) is 3.12. The van der Waals surface area contributed by atoms with Crippen LogP contribution in [0.15, 0.2) is 18.2 Å². The summed E-state index contributed by atoms with van der Waals surface area (Å²) in [6, 6.07) is 4.22. The first kappa shape index (κ1) is 14.7. The van der Waals surface area contributed by atoms with Crippen LogP contribution < -0.4 is 0 Å². The van der Waals surface area contributed by atoms with Gasteiger partial charge in [0, 0.05) is 22.7 Å². The van der Waals surface area contributed by atoms with Crippen molar-refractivity contribution in [2.24, 2.45) is 0 Å². The molecular weight excluding hydrogens is 545 g/mol. The van der Waals surface area contributed by atoms with Gasteiger partial charge < -0.3 is 5.11 Å². The van der Waals surface area contributed by atoms with Crippen molar-refractivity contribution in [2.45, 2.75) is 12.8 Å². The Bertz CT molecular complexity index is 404. The zero-order valence-electron chi connectivity index (χ0n) is 8.21. The minimum Gasteiger partial charge on any atom is -0.481 e. The van der Waals surface area contributed by atoms with Gasteiger partial charge in [-0.1, -0.05) is 12.2 Å². The number of aliphatic carboxylic acids is 1. The lowest BCUT2D eigenvalue weighted by Gasteiger charge is -2.03. The number of allylic oxidation sites excluding steroid dienone is 1. The van der Waals surface area contributed by atoms with Gasteiger partial charge in [-0.3, -0.25) is 4.79 Å². The van der Waals surface area contributed by atoms with E-state index in [2.05, 4.69) is 79.9 Å².